The largest absolute Gasteiger partial charge is 0.494 e. The van der Waals surface area contributed by atoms with E-state index < -0.39 is 5.97 Å². The van der Waals surface area contributed by atoms with Gasteiger partial charge in [0, 0.05) is 0 Å². The zero-order chi connectivity index (χ0) is 31.6. The van der Waals surface area contributed by atoms with Gasteiger partial charge < -0.3 is 14.2 Å². The first-order valence-electron chi connectivity index (χ1n) is 16.8. The first kappa shape index (κ1) is 34.9. The summed E-state index contributed by atoms with van der Waals surface area (Å²) < 4.78 is 17.1. The van der Waals surface area contributed by atoms with Gasteiger partial charge in [-0.2, -0.15) is 0 Å². The maximum atomic E-state index is 12.7. The average Bonchev–Trinajstić information content (AvgIpc) is 3.03. The molecule has 0 saturated heterocycles. The molecule has 3 rings (SSSR count). The number of esters is 2. The molecule has 0 aliphatic rings. The van der Waals surface area contributed by atoms with Gasteiger partial charge >= 0.3 is 11.9 Å². The Bertz CT molecular complexity index is 1230. The van der Waals surface area contributed by atoms with Crippen LogP contribution in [0.2, 0.25) is 0 Å². The number of carbonyl (C=O) groups is 2. The van der Waals surface area contributed by atoms with Crippen molar-refractivity contribution in [2.75, 3.05) is 6.61 Å². The molecule has 0 bridgehead atoms. The number of hydrogen-bond acceptors (Lipinski definition) is 5. The standard InChI is InChI=1S/C39H52O5/c1-5-7-9-10-11-12-13-14-28-42-36-24-20-32(21-25-36)33-22-26-37(27-23-33)44-39(41)35-18-16-34(17-19-35)38(40)43-31(4)29-30(3)15-8-6-2/h16-27,30-31H,5-15,28-29H2,1-4H3/t30-,31+/m0/s1. The molecule has 0 fully saturated rings. The molecule has 44 heavy (non-hydrogen) atoms. The maximum Gasteiger partial charge on any atom is 0.343 e. The summed E-state index contributed by atoms with van der Waals surface area (Å²) in [6.45, 7) is 9.31. The van der Waals surface area contributed by atoms with Crippen molar-refractivity contribution in [3.8, 4) is 22.6 Å². The monoisotopic (exact) mass is 600 g/mol. The molecule has 0 saturated carbocycles. The Kier molecular flexibility index (Phi) is 15.6. The highest BCUT2D eigenvalue weighted by Gasteiger charge is 2.16. The number of rotatable bonds is 20. The van der Waals surface area contributed by atoms with Crippen LogP contribution in [0.3, 0.4) is 0 Å². The molecule has 0 aliphatic heterocycles. The van der Waals surface area contributed by atoms with Crippen LogP contribution in [-0.4, -0.2) is 24.6 Å². The lowest BCUT2D eigenvalue weighted by atomic mass is 9.98. The van der Waals surface area contributed by atoms with Crippen molar-refractivity contribution in [1.82, 2.24) is 0 Å². The van der Waals surface area contributed by atoms with Gasteiger partial charge in [0.15, 0.2) is 0 Å². The van der Waals surface area contributed by atoms with Crippen LogP contribution < -0.4 is 9.47 Å². The van der Waals surface area contributed by atoms with Crippen molar-refractivity contribution in [2.45, 2.75) is 111 Å². The molecule has 3 aromatic carbocycles. The molecule has 0 unspecified atom stereocenters. The van der Waals surface area contributed by atoms with Gasteiger partial charge in [0.2, 0.25) is 0 Å². The van der Waals surface area contributed by atoms with Crippen LogP contribution in [0.15, 0.2) is 72.8 Å². The van der Waals surface area contributed by atoms with E-state index in [0.717, 1.165) is 42.7 Å². The quantitative estimate of drug-likeness (QED) is 0.0733. The van der Waals surface area contributed by atoms with E-state index in [4.69, 9.17) is 14.2 Å². The second-order valence-electron chi connectivity index (χ2n) is 12.0. The van der Waals surface area contributed by atoms with Gasteiger partial charge in [0.25, 0.3) is 0 Å². The summed E-state index contributed by atoms with van der Waals surface area (Å²) in [5.41, 5.74) is 2.88. The molecule has 0 N–H and O–H groups in total. The lowest BCUT2D eigenvalue weighted by molar-refractivity contribution is 0.0290. The molecule has 5 nitrogen and oxygen atoms in total. The van der Waals surface area contributed by atoms with Crippen LogP contribution >= 0.6 is 0 Å². The lowest BCUT2D eigenvalue weighted by Gasteiger charge is -2.18. The summed E-state index contributed by atoms with van der Waals surface area (Å²) >= 11 is 0. The molecule has 5 heteroatoms. The molecule has 0 spiro atoms. The third-order valence-electron chi connectivity index (χ3n) is 7.97. The second kappa shape index (κ2) is 19.6. The van der Waals surface area contributed by atoms with Crippen LogP contribution in [0.4, 0.5) is 0 Å². The highest BCUT2D eigenvalue weighted by atomic mass is 16.5. The fraction of sp³-hybridized carbons (Fsp3) is 0.487. The fourth-order valence-corrected chi connectivity index (χ4v) is 5.33. The summed E-state index contributed by atoms with van der Waals surface area (Å²) in [6, 6.07) is 21.9. The molecule has 0 radical (unpaired) electrons. The van der Waals surface area contributed by atoms with Gasteiger partial charge in [-0.05, 0) is 85.3 Å². The van der Waals surface area contributed by atoms with Crippen molar-refractivity contribution in [1.29, 1.82) is 0 Å². The first-order chi connectivity index (χ1) is 21.4. The molecule has 0 aromatic heterocycles. The Labute approximate surface area is 265 Å². The van der Waals surface area contributed by atoms with E-state index in [-0.39, 0.29) is 12.1 Å². The second-order valence-corrected chi connectivity index (χ2v) is 12.0. The normalized spacial score (nSPS) is 12.4. The molecular formula is C39H52O5. The fourth-order valence-electron chi connectivity index (χ4n) is 5.33. The van der Waals surface area contributed by atoms with Gasteiger partial charge in [0.05, 0.1) is 23.8 Å². The Balaban J connectivity index is 1.41. The third-order valence-corrected chi connectivity index (χ3v) is 7.97. The Hall–Kier alpha value is -3.60. The van der Waals surface area contributed by atoms with Crippen molar-refractivity contribution in [3.63, 3.8) is 0 Å². The summed E-state index contributed by atoms with van der Waals surface area (Å²) in [5, 5.41) is 0. The molecule has 238 valence electrons. The van der Waals surface area contributed by atoms with E-state index in [2.05, 4.69) is 20.8 Å². The van der Waals surface area contributed by atoms with E-state index >= 15 is 0 Å². The average molecular weight is 601 g/mol. The SMILES string of the molecule is CCCCCCCCCCOc1ccc(-c2ccc(OC(=O)c3ccc(C(=O)O[C@H](C)C[C@@H](C)CCCC)cc3)cc2)cc1. The first-order valence-corrected chi connectivity index (χ1v) is 16.8. The minimum atomic E-state index is -0.478. The highest BCUT2D eigenvalue weighted by molar-refractivity contribution is 5.94. The van der Waals surface area contributed by atoms with Crippen LogP contribution in [0.5, 0.6) is 11.5 Å². The number of carbonyl (C=O) groups excluding carboxylic acids is 2. The topological polar surface area (TPSA) is 61.8 Å². The predicted molar refractivity (Wildman–Crippen MR) is 180 cm³/mol. The smallest absolute Gasteiger partial charge is 0.343 e. The number of benzene rings is 3. The summed E-state index contributed by atoms with van der Waals surface area (Å²) in [6.07, 6.45) is 14.5. The number of unbranched alkanes of at least 4 members (excludes halogenated alkanes) is 8. The van der Waals surface area contributed by atoms with Gasteiger partial charge in [-0.15, -0.1) is 0 Å². The molecule has 0 heterocycles. The van der Waals surface area contributed by atoms with Crippen molar-refractivity contribution in [3.05, 3.63) is 83.9 Å². The van der Waals surface area contributed by atoms with E-state index in [1.54, 1.807) is 36.4 Å². The lowest BCUT2D eigenvalue weighted by Crippen LogP contribution is -2.18. The zero-order valence-electron chi connectivity index (χ0n) is 27.3. The van der Waals surface area contributed by atoms with Crippen LogP contribution in [0.25, 0.3) is 11.1 Å². The van der Waals surface area contributed by atoms with Crippen LogP contribution in [0.1, 0.15) is 125 Å². The van der Waals surface area contributed by atoms with Gasteiger partial charge in [-0.25, -0.2) is 9.59 Å². The summed E-state index contributed by atoms with van der Waals surface area (Å²) in [5.74, 6) is 0.998. The predicted octanol–water partition coefficient (Wildman–Crippen LogP) is 10.9. The highest BCUT2D eigenvalue weighted by Crippen LogP contribution is 2.25. The summed E-state index contributed by atoms with van der Waals surface area (Å²) in [4.78, 5) is 25.3. The Morgan fingerprint density at radius 2 is 1.09 bits per heavy atom. The minimum Gasteiger partial charge on any atom is -0.494 e. The summed E-state index contributed by atoms with van der Waals surface area (Å²) in [7, 11) is 0. The van der Waals surface area contributed by atoms with E-state index in [0.29, 0.717) is 22.8 Å². The molecule has 0 amide bonds. The maximum absolute atomic E-state index is 12.7. The van der Waals surface area contributed by atoms with Gasteiger partial charge in [-0.1, -0.05) is 109 Å². The van der Waals surface area contributed by atoms with Crippen molar-refractivity contribution < 1.29 is 23.8 Å². The molecule has 0 aliphatic carbocycles. The van der Waals surface area contributed by atoms with E-state index in [9.17, 15) is 9.59 Å². The van der Waals surface area contributed by atoms with Crippen molar-refractivity contribution >= 4 is 11.9 Å². The zero-order valence-corrected chi connectivity index (χ0v) is 27.3. The minimum absolute atomic E-state index is 0.155. The van der Waals surface area contributed by atoms with Crippen molar-refractivity contribution in [2.24, 2.45) is 5.92 Å². The van der Waals surface area contributed by atoms with Crippen LogP contribution in [-0.2, 0) is 4.74 Å². The Morgan fingerprint density at radius 3 is 1.66 bits per heavy atom. The van der Waals surface area contributed by atoms with Gasteiger partial charge in [-0.3, -0.25) is 0 Å². The van der Waals surface area contributed by atoms with E-state index in [1.165, 1.54) is 57.8 Å². The Morgan fingerprint density at radius 1 is 0.591 bits per heavy atom. The van der Waals surface area contributed by atoms with E-state index in [1.807, 2.05) is 43.3 Å². The number of ether oxygens (including phenoxy) is 3. The molecule has 3 aromatic rings. The molecular weight excluding hydrogens is 548 g/mol. The number of hydrogen-bond donors (Lipinski definition) is 0. The third kappa shape index (κ3) is 12.6. The van der Waals surface area contributed by atoms with Crippen LogP contribution in [0, 0.1) is 5.92 Å². The molecule has 2 atom stereocenters. The van der Waals surface area contributed by atoms with Gasteiger partial charge in [0.1, 0.15) is 11.5 Å².